The summed E-state index contributed by atoms with van der Waals surface area (Å²) in [7, 11) is 0. The zero-order chi connectivity index (χ0) is 13.9. The molecule has 0 unspecified atom stereocenters. The zero-order valence-corrected chi connectivity index (χ0v) is 11.6. The lowest BCUT2D eigenvalue weighted by atomic mass is 10.0. The molecule has 1 fully saturated rings. The number of aryl methyl sites for hydroxylation is 1. The Labute approximate surface area is 119 Å². The summed E-state index contributed by atoms with van der Waals surface area (Å²) in [5, 5.41) is 12.1. The minimum atomic E-state index is 0.0797. The molecule has 0 bridgehead atoms. The summed E-state index contributed by atoms with van der Waals surface area (Å²) in [5.41, 5.74) is 3.15. The Morgan fingerprint density at radius 2 is 2.30 bits per heavy atom. The minimum Gasteiger partial charge on any atom is -0.385 e. The van der Waals surface area contributed by atoms with Gasteiger partial charge in [-0.05, 0) is 49.4 Å². The maximum absolute atomic E-state index is 12.6. The lowest BCUT2D eigenvalue weighted by molar-refractivity contribution is 0.0746. The molecular weight excluding hydrogens is 250 g/mol. The Morgan fingerprint density at radius 1 is 1.45 bits per heavy atom. The van der Waals surface area contributed by atoms with E-state index < -0.39 is 0 Å². The smallest absolute Gasteiger partial charge is 0.254 e. The SMILES string of the molecule is N#CCCN(C(=O)c1ccc2c(c1)CCCN2)C1CC1. The van der Waals surface area contributed by atoms with Crippen LogP contribution >= 0.6 is 0 Å². The third-order valence-corrected chi connectivity index (χ3v) is 4.00. The van der Waals surface area contributed by atoms with Crippen LogP contribution in [-0.4, -0.2) is 29.9 Å². The minimum absolute atomic E-state index is 0.0797. The van der Waals surface area contributed by atoms with Gasteiger partial charge in [-0.3, -0.25) is 4.79 Å². The molecule has 1 amide bonds. The largest absolute Gasteiger partial charge is 0.385 e. The van der Waals surface area contributed by atoms with Gasteiger partial charge in [0.25, 0.3) is 5.91 Å². The third kappa shape index (κ3) is 2.62. The first kappa shape index (κ1) is 13.0. The van der Waals surface area contributed by atoms with Crippen molar-refractivity contribution in [2.75, 3.05) is 18.4 Å². The number of benzene rings is 1. The monoisotopic (exact) mass is 269 g/mol. The Morgan fingerprint density at radius 3 is 3.05 bits per heavy atom. The van der Waals surface area contributed by atoms with E-state index in [1.165, 1.54) is 5.56 Å². The van der Waals surface area contributed by atoms with Crippen molar-refractivity contribution in [3.8, 4) is 6.07 Å². The molecule has 1 aromatic carbocycles. The summed E-state index contributed by atoms with van der Waals surface area (Å²) in [5.74, 6) is 0.0797. The van der Waals surface area contributed by atoms with Crippen molar-refractivity contribution in [2.24, 2.45) is 0 Å². The lowest BCUT2D eigenvalue weighted by Gasteiger charge is -2.23. The van der Waals surface area contributed by atoms with E-state index in [9.17, 15) is 4.79 Å². The second kappa shape index (κ2) is 5.54. The van der Waals surface area contributed by atoms with Crippen molar-refractivity contribution in [1.29, 1.82) is 5.26 Å². The number of nitrogens with one attached hydrogen (secondary N) is 1. The van der Waals surface area contributed by atoms with Gasteiger partial charge < -0.3 is 10.2 Å². The van der Waals surface area contributed by atoms with Crippen molar-refractivity contribution in [3.63, 3.8) is 0 Å². The van der Waals surface area contributed by atoms with Crippen molar-refractivity contribution in [3.05, 3.63) is 29.3 Å². The van der Waals surface area contributed by atoms with Crippen LogP contribution in [0.3, 0.4) is 0 Å². The topological polar surface area (TPSA) is 56.1 Å². The molecule has 1 aliphatic carbocycles. The predicted octanol–water partition coefficient (Wildman–Crippen LogP) is 2.56. The number of nitrogens with zero attached hydrogens (tertiary/aromatic N) is 2. The van der Waals surface area contributed by atoms with Gasteiger partial charge in [0.15, 0.2) is 0 Å². The molecule has 1 saturated carbocycles. The first-order valence-electron chi connectivity index (χ1n) is 7.34. The van der Waals surface area contributed by atoms with Crippen LogP contribution in [0.5, 0.6) is 0 Å². The van der Waals surface area contributed by atoms with Gasteiger partial charge in [-0.2, -0.15) is 5.26 Å². The Kier molecular flexibility index (Phi) is 3.60. The standard InChI is InChI=1S/C16H19N3O/c17-8-2-10-19(14-5-6-14)16(20)13-4-7-15-12(11-13)3-1-9-18-15/h4,7,11,14,18H,1-3,5-6,9-10H2. The van der Waals surface area contributed by atoms with Gasteiger partial charge in [-0.25, -0.2) is 0 Å². The average molecular weight is 269 g/mol. The molecule has 0 aromatic heterocycles. The van der Waals surface area contributed by atoms with E-state index in [0.29, 0.717) is 19.0 Å². The number of fused-ring (bicyclic) bond motifs is 1. The second-order valence-corrected chi connectivity index (χ2v) is 5.54. The molecule has 0 radical (unpaired) electrons. The normalized spacial score (nSPS) is 16.8. The fourth-order valence-corrected chi connectivity index (χ4v) is 2.78. The van der Waals surface area contributed by atoms with Crippen molar-refractivity contribution >= 4 is 11.6 Å². The highest BCUT2D eigenvalue weighted by atomic mass is 16.2. The summed E-state index contributed by atoms with van der Waals surface area (Å²) in [6.45, 7) is 1.56. The van der Waals surface area contributed by atoms with E-state index in [-0.39, 0.29) is 5.91 Å². The number of hydrogen-bond acceptors (Lipinski definition) is 3. The molecule has 2 aliphatic rings. The number of hydrogen-bond donors (Lipinski definition) is 1. The third-order valence-electron chi connectivity index (χ3n) is 4.00. The summed E-state index contributed by atoms with van der Waals surface area (Å²) >= 11 is 0. The van der Waals surface area contributed by atoms with Crippen LogP contribution in [0, 0.1) is 11.3 Å². The molecule has 4 nitrogen and oxygen atoms in total. The van der Waals surface area contributed by atoms with Crippen LogP contribution in [0.25, 0.3) is 0 Å². The van der Waals surface area contributed by atoms with Crippen LogP contribution in [0.4, 0.5) is 5.69 Å². The van der Waals surface area contributed by atoms with E-state index in [1.54, 1.807) is 0 Å². The zero-order valence-electron chi connectivity index (χ0n) is 11.6. The van der Waals surface area contributed by atoms with E-state index in [4.69, 9.17) is 5.26 Å². The summed E-state index contributed by atoms with van der Waals surface area (Å²) < 4.78 is 0. The number of rotatable bonds is 4. The molecule has 1 aromatic rings. The van der Waals surface area contributed by atoms with Gasteiger partial charge >= 0.3 is 0 Å². The fourth-order valence-electron chi connectivity index (χ4n) is 2.78. The Hall–Kier alpha value is -2.02. The van der Waals surface area contributed by atoms with Crippen LogP contribution in [0.2, 0.25) is 0 Å². The van der Waals surface area contributed by atoms with E-state index in [2.05, 4.69) is 11.4 Å². The van der Waals surface area contributed by atoms with E-state index in [0.717, 1.165) is 43.5 Å². The van der Waals surface area contributed by atoms with Crippen LogP contribution < -0.4 is 5.32 Å². The van der Waals surface area contributed by atoms with Crippen LogP contribution in [-0.2, 0) is 6.42 Å². The van der Waals surface area contributed by atoms with E-state index >= 15 is 0 Å². The molecule has 20 heavy (non-hydrogen) atoms. The molecule has 1 aliphatic heterocycles. The molecule has 1 N–H and O–H groups in total. The molecular formula is C16H19N3O. The number of carbonyl (C=O) groups excluding carboxylic acids is 1. The molecule has 104 valence electrons. The molecule has 0 atom stereocenters. The average Bonchev–Trinajstić information content (AvgIpc) is 3.32. The molecule has 0 saturated heterocycles. The van der Waals surface area contributed by atoms with Crippen LogP contribution in [0.15, 0.2) is 18.2 Å². The Bertz CT molecular complexity index is 557. The number of anilines is 1. The highest BCUT2D eigenvalue weighted by Crippen LogP contribution is 2.30. The van der Waals surface area contributed by atoms with Crippen molar-refractivity contribution in [2.45, 2.75) is 38.1 Å². The Balaban J connectivity index is 1.80. The molecule has 3 rings (SSSR count). The van der Waals surface area contributed by atoms with Crippen molar-refractivity contribution < 1.29 is 4.79 Å². The van der Waals surface area contributed by atoms with Gasteiger partial charge in [0.05, 0.1) is 12.5 Å². The quantitative estimate of drug-likeness (QED) is 0.914. The predicted molar refractivity (Wildman–Crippen MR) is 77.5 cm³/mol. The summed E-state index contributed by atoms with van der Waals surface area (Å²) in [6.07, 6.45) is 4.71. The molecule has 4 heteroatoms. The van der Waals surface area contributed by atoms with Gasteiger partial charge in [-0.1, -0.05) is 0 Å². The molecule has 0 spiro atoms. The number of amides is 1. The van der Waals surface area contributed by atoms with Crippen LogP contribution in [0.1, 0.15) is 41.6 Å². The maximum Gasteiger partial charge on any atom is 0.254 e. The lowest BCUT2D eigenvalue weighted by Crippen LogP contribution is -2.34. The fraction of sp³-hybridized carbons (Fsp3) is 0.500. The second-order valence-electron chi connectivity index (χ2n) is 5.54. The summed E-state index contributed by atoms with van der Waals surface area (Å²) in [4.78, 5) is 14.5. The highest BCUT2D eigenvalue weighted by Gasteiger charge is 2.32. The number of nitriles is 1. The van der Waals surface area contributed by atoms with Gasteiger partial charge in [0, 0.05) is 30.4 Å². The summed E-state index contributed by atoms with van der Waals surface area (Å²) in [6, 6.07) is 8.42. The first-order chi connectivity index (χ1) is 9.79. The van der Waals surface area contributed by atoms with Crippen molar-refractivity contribution in [1.82, 2.24) is 4.90 Å². The molecule has 1 heterocycles. The maximum atomic E-state index is 12.6. The van der Waals surface area contributed by atoms with Gasteiger partial charge in [0.1, 0.15) is 0 Å². The van der Waals surface area contributed by atoms with Gasteiger partial charge in [0.2, 0.25) is 0 Å². The highest BCUT2D eigenvalue weighted by molar-refractivity contribution is 5.95. The van der Waals surface area contributed by atoms with Gasteiger partial charge in [-0.15, -0.1) is 0 Å². The number of carbonyl (C=O) groups is 1. The van der Waals surface area contributed by atoms with E-state index in [1.807, 2.05) is 23.1 Å². The first-order valence-corrected chi connectivity index (χ1v) is 7.34.